The molecule has 0 aromatic rings. The van der Waals surface area contributed by atoms with Crippen molar-refractivity contribution >= 4 is 31.7 Å². The molecule has 2 saturated heterocycles. The zero-order valence-electron chi connectivity index (χ0n) is 71.6. The van der Waals surface area contributed by atoms with Gasteiger partial charge in [-0.3, -0.25) is 28.2 Å². The zero-order chi connectivity index (χ0) is 84.0. The van der Waals surface area contributed by atoms with E-state index in [1.54, 1.807) is 0 Å². The van der Waals surface area contributed by atoms with Crippen molar-refractivity contribution in [3.63, 3.8) is 0 Å². The fourth-order valence-corrected chi connectivity index (χ4v) is 16.0. The van der Waals surface area contributed by atoms with Crippen LogP contribution in [0.1, 0.15) is 387 Å². The Bertz CT molecular complexity index is 2490. The predicted molar refractivity (Wildman–Crippen MR) is 444 cm³/mol. The molecule has 10 N–H and O–H groups in total. The summed E-state index contributed by atoms with van der Waals surface area (Å²) in [5.41, 5.74) is 0. The Morgan fingerprint density at radius 2 is 0.652 bits per heavy atom. The van der Waals surface area contributed by atoms with E-state index in [1.165, 1.54) is 154 Å². The highest BCUT2D eigenvalue weighted by atomic mass is 31.2. The molecule has 25 nitrogen and oxygen atoms in total. The number of carbonyl (C=O) groups excluding carboxylic acids is 4. The number of phosphoric ester groups is 1. The second-order valence-corrected chi connectivity index (χ2v) is 34.2. The van der Waals surface area contributed by atoms with Crippen LogP contribution < -0.4 is 0 Å². The van der Waals surface area contributed by atoms with Crippen LogP contribution in [0.15, 0.2) is 24.3 Å². The van der Waals surface area contributed by atoms with E-state index >= 15 is 0 Å². The van der Waals surface area contributed by atoms with E-state index in [2.05, 4.69) is 52.0 Å². The smallest absolute Gasteiger partial charge is 0.463 e. The SMILES string of the molecule is CCCCCC/C=C\CCCCCCCCCC(=O)OC(COC(=O)CCCCCCCCCCCCCCC)COP(=O)(O)OC1C(OC2OC(CO)C(O)C(O)C2O)C(O)C(O)C(OC(=O)CCCCCCCCCCCCCCCCC)C1OC1OC(COC(=O)CCCCC/C=C\CCCCCCCC)C(O)C(O)C1O. The first-order chi connectivity index (χ1) is 55.7. The molecule has 26 heteroatoms. The van der Waals surface area contributed by atoms with Gasteiger partial charge in [-0.05, 0) is 77.0 Å². The number of allylic oxidation sites excluding steroid dienone is 4. The maximum Gasteiger partial charge on any atom is 0.472 e. The molecule has 115 heavy (non-hydrogen) atoms. The minimum absolute atomic E-state index is 0.00559. The van der Waals surface area contributed by atoms with E-state index in [1.807, 2.05) is 0 Å². The molecule has 18 atom stereocenters. The molecule has 0 spiro atoms. The van der Waals surface area contributed by atoms with Crippen LogP contribution in [0.3, 0.4) is 0 Å². The second kappa shape index (κ2) is 68.5. The minimum atomic E-state index is -5.81. The maximum atomic E-state index is 14.9. The molecule has 0 aromatic heterocycles. The number of ether oxygens (including phenoxy) is 8. The molecule has 1 aliphatic carbocycles. The van der Waals surface area contributed by atoms with Crippen LogP contribution in [-0.2, 0) is 70.7 Å². The van der Waals surface area contributed by atoms with Crippen molar-refractivity contribution in [2.75, 3.05) is 26.4 Å². The van der Waals surface area contributed by atoms with E-state index in [0.717, 1.165) is 135 Å². The van der Waals surface area contributed by atoms with Gasteiger partial charge in [0.15, 0.2) is 24.8 Å². The van der Waals surface area contributed by atoms with Gasteiger partial charge in [0.25, 0.3) is 0 Å². The van der Waals surface area contributed by atoms with Crippen molar-refractivity contribution in [2.24, 2.45) is 0 Å². The lowest BCUT2D eigenvalue weighted by Gasteiger charge is -2.50. The summed E-state index contributed by atoms with van der Waals surface area (Å²) in [6.07, 6.45) is 27.5. The number of carbonyl (C=O) groups is 4. The fraction of sp³-hybridized carbons (Fsp3) is 0.910. The van der Waals surface area contributed by atoms with Crippen molar-refractivity contribution in [3.8, 4) is 0 Å². The Morgan fingerprint density at radius 1 is 0.339 bits per heavy atom. The summed E-state index contributed by atoms with van der Waals surface area (Å²) in [4.78, 5) is 66.4. The van der Waals surface area contributed by atoms with Crippen LogP contribution in [0.5, 0.6) is 0 Å². The van der Waals surface area contributed by atoms with Crippen molar-refractivity contribution in [3.05, 3.63) is 24.3 Å². The van der Waals surface area contributed by atoms with Gasteiger partial charge in [0.2, 0.25) is 0 Å². The molecule has 0 radical (unpaired) electrons. The number of hydrogen-bond acceptors (Lipinski definition) is 24. The lowest BCUT2D eigenvalue weighted by molar-refractivity contribution is -0.360. The summed E-state index contributed by atoms with van der Waals surface area (Å²) < 4.78 is 73.3. The van der Waals surface area contributed by atoms with Crippen LogP contribution in [0.2, 0.25) is 0 Å². The van der Waals surface area contributed by atoms with Crippen molar-refractivity contribution in [2.45, 2.75) is 491 Å². The number of phosphoric acid groups is 1. The van der Waals surface area contributed by atoms with Crippen LogP contribution in [-0.4, -0.2) is 205 Å². The van der Waals surface area contributed by atoms with Crippen molar-refractivity contribution < 1.29 is 122 Å². The molecule has 3 fully saturated rings. The largest absolute Gasteiger partial charge is 0.472 e. The first kappa shape index (κ1) is 106. The number of unbranched alkanes of at least 4 members (excludes halogenated alkanes) is 46. The van der Waals surface area contributed by atoms with Gasteiger partial charge in [-0.1, -0.05) is 309 Å². The Hall–Kier alpha value is -3.05. The lowest BCUT2D eigenvalue weighted by atomic mass is 9.84. The number of aliphatic hydroxyl groups is 9. The van der Waals surface area contributed by atoms with Gasteiger partial charge < -0.3 is 88.7 Å². The Balaban J connectivity index is 1.93. The molecule has 0 aromatic carbocycles. The highest BCUT2D eigenvalue weighted by molar-refractivity contribution is 7.47. The third-order valence-electron chi connectivity index (χ3n) is 22.4. The highest BCUT2D eigenvalue weighted by Crippen LogP contribution is 2.49. The standard InChI is InChI=1S/C89H163O25P/c1-5-9-13-17-21-25-29-33-35-39-43-47-51-55-59-63-74(93)108-69(66-105-72(91)61-57-53-49-45-41-37-31-27-23-19-15-11-7-3)67-107-115(103,104)114-87-85(112-88-82(101)78(97)76(95)70(65-90)109-88)81(100)80(99)84(111-75(94)64-60-56-52-48-44-40-36-34-30-26-22-18-14-10-6-2)86(87)113-89-83(102)79(98)77(96)71(110-89)68-106-73(92)62-58-54-50-46-42-38-32-28-24-20-16-12-8-4/h25,29,38,42,69-71,76-90,95-102H,5-24,26-28,30-37,39-41,43-68H2,1-4H3,(H,103,104)/b29-25-,42-38-. The van der Waals surface area contributed by atoms with Gasteiger partial charge in [0, 0.05) is 25.7 Å². The monoisotopic (exact) mass is 1660 g/mol. The molecule has 0 bridgehead atoms. The second-order valence-electron chi connectivity index (χ2n) is 32.8. The molecule has 3 aliphatic rings. The summed E-state index contributed by atoms with van der Waals surface area (Å²) in [6, 6.07) is 0. The van der Waals surface area contributed by atoms with Crippen LogP contribution in [0.4, 0.5) is 0 Å². The Labute approximate surface area is 692 Å². The number of rotatable bonds is 74. The Morgan fingerprint density at radius 3 is 1.05 bits per heavy atom. The normalized spacial score (nSPS) is 25.3. The lowest BCUT2D eigenvalue weighted by Crippen LogP contribution is -2.70. The molecule has 0 amide bonds. The van der Waals surface area contributed by atoms with E-state index in [4.69, 9.17) is 46.9 Å². The first-order valence-corrected chi connectivity index (χ1v) is 47.6. The van der Waals surface area contributed by atoms with Gasteiger partial charge in [0.05, 0.1) is 13.2 Å². The van der Waals surface area contributed by atoms with Gasteiger partial charge in [-0.15, -0.1) is 0 Å². The Kier molecular flexibility index (Phi) is 63.2. The van der Waals surface area contributed by atoms with Gasteiger partial charge in [0.1, 0.15) is 92.6 Å². The van der Waals surface area contributed by atoms with Crippen molar-refractivity contribution in [1.82, 2.24) is 0 Å². The zero-order valence-corrected chi connectivity index (χ0v) is 72.5. The van der Waals surface area contributed by atoms with Crippen LogP contribution in [0, 0.1) is 0 Å². The molecule has 2 heterocycles. The molecule has 674 valence electrons. The molecule has 3 rings (SSSR count). The van der Waals surface area contributed by atoms with Crippen LogP contribution in [0.25, 0.3) is 0 Å². The summed E-state index contributed by atoms with van der Waals surface area (Å²) in [5.74, 6) is -2.98. The first-order valence-electron chi connectivity index (χ1n) is 46.1. The average molecular weight is 1660 g/mol. The highest BCUT2D eigenvalue weighted by Gasteiger charge is 2.60. The predicted octanol–water partition coefficient (Wildman–Crippen LogP) is 16.5. The van der Waals surface area contributed by atoms with E-state index < -0.39 is 162 Å². The van der Waals surface area contributed by atoms with E-state index in [0.29, 0.717) is 44.9 Å². The molecular weight excluding hydrogens is 1500 g/mol. The van der Waals surface area contributed by atoms with Gasteiger partial charge >= 0.3 is 31.7 Å². The summed E-state index contributed by atoms with van der Waals surface area (Å²) in [7, 11) is -5.81. The fourth-order valence-electron chi connectivity index (χ4n) is 15.1. The third-order valence-corrected chi connectivity index (χ3v) is 23.4. The summed E-state index contributed by atoms with van der Waals surface area (Å²) in [5, 5.41) is 102. The van der Waals surface area contributed by atoms with E-state index in [9.17, 15) is 74.6 Å². The topological polar surface area (TPSA) is 380 Å². The third kappa shape index (κ3) is 49.0. The molecule has 2 aliphatic heterocycles. The number of esters is 4. The summed E-state index contributed by atoms with van der Waals surface area (Å²) in [6.45, 7) is 5.56. The van der Waals surface area contributed by atoms with Crippen LogP contribution >= 0.6 is 7.82 Å². The van der Waals surface area contributed by atoms with Crippen molar-refractivity contribution in [1.29, 1.82) is 0 Å². The summed E-state index contributed by atoms with van der Waals surface area (Å²) >= 11 is 0. The number of aliphatic hydroxyl groups excluding tert-OH is 9. The number of hydrogen-bond donors (Lipinski definition) is 10. The average Bonchev–Trinajstić information content (AvgIpc) is 0.750. The van der Waals surface area contributed by atoms with Gasteiger partial charge in [-0.2, -0.15) is 0 Å². The molecular formula is C89H163O25P. The maximum absolute atomic E-state index is 14.9. The quantitative estimate of drug-likeness (QED) is 0.00889. The minimum Gasteiger partial charge on any atom is -0.463 e. The molecule has 18 unspecified atom stereocenters. The molecule has 1 saturated carbocycles. The van der Waals surface area contributed by atoms with Gasteiger partial charge in [-0.25, -0.2) is 4.57 Å². The van der Waals surface area contributed by atoms with E-state index in [-0.39, 0.29) is 25.7 Å².